The van der Waals surface area contributed by atoms with Crippen LogP contribution < -0.4 is 15.4 Å². The zero-order valence-electron chi connectivity index (χ0n) is 19.8. The molecule has 2 heterocycles. The largest absolute Gasteiger partial charge is 0.340 e. The number of aromatic nitrogens is 2. The van der Waals surface area contributed by atoms with Crippen molar-refractivity contribution in [1.82, 2.24) is 20.0 Å². The molecule has 0 aliphatic heterocycles. The van der Waals surface area contributed by atoms with Gasteiger partial charge in [0.25, 0.3) is 10.0 Å². The SMILES string of the molecule is CCCCNC(=O)NS(=O)(=O)c1ccc(Nc2ncnc3scc(-c4ccc(C)c(C)c4)c23)cc1. The van der Waals surface area contributed by atoms with Gasteiger partial charge in [0, 0.05) is 23.2 Å². The fourth-order valence-corrected chi connectivity index (χ4v) is 5.39. The van der Waals surface area contributed by atoms with Gasteiger partial charge in [0.05, 0.1) is 10.3 Å². The Morgan fingerprint density at radius 3 is 2.51 bits per heavy atom. The summed E-state index contributed by atoms with van der Waals surface area (Å²) < 4.78 is 27.1. The number of carbonyl (C=O) groups is 1. The van der Waals surface area contributed by atoms with E-state index in [-0.39, 0.29) is 4.90 Å². The second kappa shape index (κ2) is 10.4. The van der Waals surface area contributed by atoms with Crippen LogP contribution in [0.1, 0.15) is 30.9 Å². The number of benzene rings is 2. The molecule has 3 N–H and O–H groups in total. The van der Waals surface area contributed by atoms with Crippen LogP contribution in [-0.2, 0) is 10.0 Å². The van der Waals surface area contributed by atoms with Crippen molar-refractivity contribution in [1.29, 1.82) is 0 Å². The van der Waals surface area contributed by atoms with Crippen molar-refractivity contribution in [3.8, 4) is 11.1 Å². The summed E-state index contributed by atoms with van der Waals surface area (Å²) in [4.78, 5) is 21.6. The standard InChI is InChI=1S/C25H27N5O3S2/c1-4-5-12-26-25(31)30-35(32,33)20-10-8-19(9-11-20)29-23-22-21(14-34-24(22)28-15-27-23)18-7-6-16(2)17(3)13-18/h6-11,13-15H,4-5,12H2,1-3H3,(H2,26,30,31)(H,27,28,29). The number of hydrogen-bond donors (Lipinski definition) is 3. The van der Waals surface area contributed by atoms with Crippen LogP contribution in [0, 0.1) is 13.8 Å². The predicted octanol–water partition coefficient (Wildman–Crippen LogP) is 5.51. The molecule has 182 valence electrons. The van der Waals surface area contributed by atoms with Gasteiger partial charge in [-0.15, -0.1) is 11.3 Å². The Balaban J connectivity index is 1.56. The third kappa shape index (κ3) is 5.60. The molecule has 0 fully saturated rings. The summed E-state index contributed by atoms with van der Waals surface area (Å²) in [5, 5.41) is 8.80. The number of urea groups is 1. The van der Waals surface area contributed by atoms with E-state index in [1.807, 2.05) is 11.6 Å². The number of fused-ring (bicyclic) bond motifs is 1. The normalized spacial score (nSPS) is 11.4. The van der Waals surface area contributed by atoms with Gasteiger partial charge >= 0.3 is 6.03 Å². The van der Waals surface area contributed by atoms with Crippen LogP contribution in [0.4, 0.5) is 16.3 Å². The highest BCUT2D eigenvalue weighted by molar-refractivity contribution is 7.90. The Bertz CT molecular complexity index is 1460. The van der Waals surface area contributed by atoms with Crippen LogP contribution >= 0.6 is 11.3 Å². The Kier molecular flexibility index (Phi) is 7.32. The zero-order chi connectivity index (χ0) is 25.0. The highest BCUT2D eigenvalue weighted by atomic mass is 32.2. The van der Waals surface area contributed by atoms with E-state index in [1.54, 1.807) is 23.5 Å². The molecule has 35 heavy (non-hydrogen) atoms. The smallest absolute Gasteiger partial charge is 0.328 e. The average molecular weight is 510 g/mol. The number of sulfonamides is 1. The molecule has 0 bridgehead atoms. The molecule has 2 amide bonds. The van der Waals surface area contributed by atoms with Crippen LogP contribution in [0.25, 0.3) is 21.3 Å². The van der Waals surface area contributed by atoms with Crippen molar-refractivity contribution in [2.45, 2.75) is 38.5 Å². The third-order valence-electron chi connectivity index (χ3n) is 5.66. The van der Waals surface area contributed by atoms with Gasteiger partial charge in [-0.3, -0.25) is 0 Å². The summed E-state index contributed by atoms with van der Waals surface area (Å²) in [6.45, 7) is 6.57. The molecule has 0 atom stereocenters. The topological polar surface area (TPSA) is 113 Å². The Morgan fingerprint density at radius 1 is 1.03 bits per heavy atom. The Hall–Kier alpha value is -3.50. The van der Waals surface area contributed by atoms with Crippen LogP contribution in [0.15, 0.2) is 59.1 Å². The van der Waals surface area contributed by atoms with Gasteiger partial charge in [-0.2, -0.15) is 0 Å². The fourth-order valence-electron chi connectivity index (χ4n) is 3.54. The molecule has 2 aromatic heterocycles. The number of hydrogen-bond acceptors (Lipinski definition) is 7. The molecule has 0 radical (unpaired) electrons. The number of nitrogens with one attached hydrogen (secondary N) is 3. The highest BCUT2D eigenvalue weighted by Crippen LogP contribution is 2.38. The van der Waals surface area contributed by atoms with E-state index in [4.69, 9.17) is 0 Å². The lowest BCUT2D eigenvalue weighted by Crippen LogP contribution is -2.39. The lowest BCUT2D eigenvalue weighted by Gasteiger charge is -2.11. The van der Waals surface area contributed by atoms with Gasteiger partial charge in [-0.25, -0.2) is 27.9 Å². The number of nitrogens with zero attached hydrogens (tertiary/aromatic N) is 2. The first-order valence-electron chi connectivity index (χ1n) is 11.3. The summed E-state index contributed by atoms with van der Waals surface area (Å²) in [7, 11) is -3.98. The molecule has 10 heteroatoms. The first-order valence-corrected chi connectivity index (χ1v) is 13.6. The van der Waals surface area contributed by atoms with Crippen LogP contribution in [-0.4, -0.2) is 31.0 Å². The van der Waals surface area contributed by atoms with Crippen molar-refractivity contribution in [2.24, 2.45) is 0 Å². The van der Waals surface area contributed by atoms with Gasteiger partial charge in [0.1, 0.15) is 17.0 Å². The van der Waals surface area contributed by atoms with Crippen LogP contribution in [0.2, 0.25) is 0 Å². The maximum Gasteiger partial charge on any atom is 0.328 e. The number of aryl methyl sites for hydroxylation is 2. The molecule has 0 saturated heterocycles. The van der Waals surface area contributed by atoms with Crippen molar-refractivity contribution >= 4 is 49.1 Å². The van der Waals surface area contributed by atoms with Gasteiger partial charge in [0.2, 0.25) is 0 Å². The van der Waals surface area contributed by atoms with E-state index in [0.717, 1.165) is 34.2 Å². The minimum atomic E-state index is -3.98. The van der Waals surface area contributed by atoms with Crippen LogP contribution in [0.3, 0.4) is 0 Å². The molecule has 0 spiro atoms. The number of thiophene rings is 1. The highest BCUT2D eigenvalue weighted by Gasteiger charge is 2.18. The number of unbranched alkanes of at least 4 members (excludes halogenated alkanes) is 1. The first kappa shape index (κ1) is 24.6. The van der Waals surface area contributed by atoms with E-state index in [9.17, 15) is 13.2 Å². The van der Waals surface area contributed by atoms with Gasteiger partial charge in [-0.1, -0.05) is 31.5 Å². The van der Waals surface area contributed by atoms with E-state index in [1.165, 1.54) is 29.6 Å². The molecule has 4 rings (SSSR count). The minimum Gasteiger partial charge on any atom is -0.340 e. The molecular weight excluding hydrogens is 482 g/mol. The molecule has 0 saturated carbocycles. The summed E-state index contributed by atoms with van der Waals surface area (Å²) >= 11 is 1.55. The van der Waals surface area contributed by atoms with E-state index in [0.29, 0.717) is 18.1 Å². The first-order chi connectivity index (χ1) is 16.8. The van der Waals surface area contributed by atoms with Crippen LogP contribution in [0.5, 0.6) is 0 Å². The number of rotatable bonds is 8. The number of carbonyl (C=O) groups excluding carboxylic acids is 1. The summed E-state index contributed by atoms with van der Waals surface area (Å²) in [5.41, 5.74) is 5.22. The van der Waals surface area contributed by atoms with Crippen molar-refractivity contribution in [3.05, 3.63) is 65.3 Å². The van der Waals surface area contributed by atoms with Crippen molar-refractivity contribution in [2.75, 3.05) is 11.9 Å². The monoisotopic (exact) mass is 509 g/mol. The maximum absolute atomic E-state index is 12.5. The second-order valence-corrected chi connectivity index (χ2v) is 10.8. The van der Waals surface area contributed by atoms with E-state index >= 15 is 0 Å². The Labute approximate surface area is 208 Å². The third-order valence-corrected chi connectivity index (χ3v) is 7.89. The summed E-state index contributed by atoms with van der Waals surface area (Å²) in [6.07, 6.45) is 3.18. The molecule has 0 aliphatic carbocycles. The fraction of sp³-hybridized carbons (Fsp3) is 0.240. The van der Waals surface area contributed by atoms with E-state index < -0.39 is 16.1 Å². The lowest BCUT2D eigenvalue weighted by molar-refractivity contribution is 0.245. The molecule has 0 unspecified atom stereocenters. The molecular formula is C25H27N5O3S2. The predicted molar refractivity (Wildman–Crippen MR) is 141 cm³/mol. The van der Waals surface area contributed by atoms with E-state index in [2.05, 4.69) is 58.0 Å². The Morgan fingerprint density at radius 2 is 1.80 bits per heavy atom. The lowest BCUT2D eigenvalue weighted by atomic mass is 10.0. The molecule has 4 aromatic rings. The maximum atomic E-state index is 12.5. The quantitative estimate of drug-likeness (QED) is 0.270. The van der Waals surface area contributed by atoms with Crippen molar-refractivity contribution in [3.63, 3.8) is 0 Å². The molecule has 8 nitrogen and oxygen atoms in total. The van der Waals surface area contributed by atoms with Gasteiger partial charge < -0.3 is 10.6 Å². The zero-order valence-corrected chi connectivity index (χ0v) is 21.4. The number of amides is 2. The van der Waals surface area contributed by atoms with Gasteiger partial charge in [-0.05, 0) is 61.2 Å². The molecule has 0 aliphatic rings. The summed E-state index contributed by atoms with van der Waals surface area (Å²) in [5.74, 6) is 0.633. The number of anilines is 2. The minimum absolute atomic E-state index is 0.00659. The van der Waals surface area contributed by atoms with Gasteiger partial charge in [0.15, 0.2) is 0 Å². The second-order valence-electron chi connectivity index (χ2n) is 8.22. The van der Waals surface area contributed by atoms with Crippen molar-refractivity contribution < 1.29 is 13.2 Å². The average Bonchev–Trinajstić information content (AvgIpc) is 3.26. The molecule has 2 aromatic carbocycles. The summed E-state index contributed by atoms with van der Waals surface area (Å²) in [6, 6.07) is 11.8.